The first-order valence-corrected chi connectivity index (χ1v) is 10.5. The maximum absolute atomic E-state index is 13.3. The van der Waals surface area contributed by atoms with Crippen molar-refractivity contribution in [3.05, 3.63) is 64.9 Å². The average molecular weight is 423 g/mol. The van der Waals surface area contributed by atoms with E-state index >= 15 is 0 Å². The van der Waals surface area contributed by atoms with Crippen LogP contribution in [0.15, 0.2) is 48.2 Å². The van der Waals surface area contributed by atoms with Gasteiger partial charge in [0.2, 0.25) is 0 Å². The van der Waals surface area contributed by atoms with Crippen LogP contribution in [0, 0.1) is 13.8 Å². The van der Waals surface area contributed by atoms with Gasteiger partial charge in [0.05, 0.1) is 18.8 Å². The Morgan fingerprint density at radius 1 is 1.00 bits per heavy atom. The molecule has 6 nitrogen and oxygen atoms in total. The van der Waals surface area contributed by atoms with Crippen LogP contribution >= 0.6 is 0 Å². The molecule has 1 aliphatic rings. The predicted molar refractivity (Wildman–Crippen MR) is 122 cm³/mol. The van der Waals surface area contributed by atoms with Gasteiger partial charge in [0.1, 0.15) is 11.4 Å². The number of anilines is 1. The monoisotopic (exact) mass is 422 g/mol. The van der Waals surface area contributed by atoms with Gasteiger partial charge in [-0.3, -0.25) is 14.5 Å². The second-order valence-electron chi connectivity index (χ2n) is 7.96. The van der Waals surface area contributed by atoms with Crippen molar-refractivity contribution >= 4 is 23.1 Å². The minimum atomic E-state index is -0.319. The van der Waals surface area contributed by atoms with E-state index in [9.17, 15) is 9.59 Å². The Hall–Kier alpha value is -3.12. The Morgan fingerprint density at radius 2 is 1.71 bits per heavy atom. The van der Waals surface area contributed by atoms with Crippen LogP contribution in [0.4, 0.5) is 5.69 Å². The van der Waals surface area contributed by atoms with Gasteiger partial charge in [-0.05, 0) is 69.5 Å². The predicted octanol–water partition coefficient (Wildman–Crippen LogP) is 4.32. The molecule has 2 aromatic rings. The number of nitrogens with one attached hydrogen (secondary N) is 1. The van der Waals surface area contributed by atoms with Crippen LogP contribution in [0.1, 0.15) is 37.0 Å². The van der Waals surface area contributed by atoms with Crippen LogP contribution in [-0.2, 0) is 14.3 Å². The lowest BCUT2D eigenvalue weighted by Crippen LogP contribution is -2.34. The highest BCUT2D eigenvalue weighted by Gasteiger charge is 2.39. The number of methoxy groups -OCH3 is 1. The third-order valence-corrected chi connectivity index (χ3v) is 5.16. The number of nitrogens with zero attached hydrogens (tertiary/aromatic N) is 1. The van der Waals surface area contributed by atoms with Crippen molar-refractivity contribution in [2.24, 2.45) is 0 Å². The summed E-state index contributed by atoms with van der Waals surface area (Å²) < 4.78 is 10.8. The molecule has 6 heteroatoms. The SMILES string of the molecule is COc1ccc(NC2=C(c3ccc(C)cc3C)C(=O)N(CCCOC(C)C)C2=O)cc1. The van der Waals surface area contributed by atoms with Crippen LogP contribution in [0.2, 0.25) is 0 Å². The van der Waals surface area contributed by atoms with Crippen molar-refractivity contribution < 1.29 is 19.1 Å². The summed E-state index contributed by atoms with van der Waals surface area (Å²) in [6, 6.07) is 13.1. The van der Waals surface area contributed by atoms with Gasteiger partial charge in [0.15, 0.2) is 0 Å². The van der Waals surface area contributed by atoms with Crippen LogP contribution < -0.4 is 10.1 Å². The Labute approximate surface area is 183 Å². The molecular formula is C25H30N2O4. The standard InChI is InChI=1S/C25H30N2O4/c1-16(2)31-14-6-13-27-24(28)22(21-12-7-17(3)15-18(21)4)23(25(27)29)26-19-8-10-20(30-5)11-9-19/h7-12,15-16,26H,6,13-14H2,1-5H3. The molecule has 164 valence electrons. The first-order chi connectivity index (χ1) is 14.8. The fraction of sp³-hybridized carbons (Fsp3) is 0.360. The minimum Gasteiger partial charge on any atom is -0.497 e. The van der Waals surface area contributed by atoms with Crippen LogP contribution in [-0.4, -0.2) is 43.1 Å². The topological polar surface area (TPSA) is 67.9 Å². The molecule has 3 rings (SSSR count). The number of ether oxygens (including phenoxy) is 2. The summed E-state index contributed by atoms with van der Waals surface area (Å²) in [4.78, 5) is 27.9. The van der Waals surface area contributed by atoms with Crippen molar-refractivity contribution in [2.45, 2.75) is 40.2 Å². The van der Waals surface area contributed by atoms with E-state index in [1.54, 1.807) is 7.11 Å². The largest absolute Gasteiger partial charge is 0.497 e. The molecule has 31 heavy (non-hydrogen) atoms. The van der Waals surface area contributed by atoms with Gasteiger partial charge in [0, 0.05) is 18.8 Å². The quantitative estimate of drug-likeness (QED) is 0.482. The number of hydrogen-bond acceptors (Lipinski definition) is 5. The third kappa shape index (κ3) is 5.14. The van der Waals surface area contributed by atoms with Gasteiger partial charge >= 0.3 is 0 Å². The Kier molecular flexibility index (Phi) is 7.13. The molecule has 0 saturated carbocycles. The Balaban J connectivity index is 1.93. The highest BCUT2D eigenvalue weighted by Crippen LogP contribution is 2.33. The smallest absolute Gasteiger partial charge is 0.278 e. The fourth-order valence-corrected chi connectivity index (χ4v) is 3.60. The molecular weight excluding hydrogens is 392 g/mol. The molecule has 0 atom stereocenters. The van der Waals surface area contributed by atoms with Gasteiger partial charge in [-0.2, -0.15) is 0 Å². The van der Waals surface area contributed by atoms with E-state index in [1.165, 1.54) is 4.90 Å². The van der Waals surface area contributed by atoms with E-state index in [0.29, 0.717) is 36.5 Å². The minimum absolute atomic E-state index is 0.112. The first kappa shape index (κ1) is 22.6. The second kappa shape index (κ2) is 9.79. The number of carbonyl (C=O) groups excluding carboxylic acids is 2. The number of carbonyl (C=O) groups is 2. The van der Waals surface area contributed by atoms with E-state index in [1.807, 2.05) is 70.2 Å². The highest BCUT2D eigenvalue weighted by molar-refractivity contribution is 6.36. The van der Waals surface area contributed by atoms with E-state index < -0.39 is 0 Å². The van der Waals surface area contributed by atoms with Crippen molar-refractivity contribution in [1.82, 2.24) is 4.90 Å². The normalized spacial score (nSPS) is 14.1. The summed E-state index contributed by atoms with van der Waals surface area (Å²) in [6.07, 6.45) is 0.701. The number of imide groups is 1. The zero-order chi connectivity index (χ0) is 22.5. The Bertz CT molecular complexity index is 993. The first-order valence-electron chi connectivity index (χ1n) is 10.5. The van der Waals surface area contributed by atoms with Gasteiger partial charge < -0.3 is 14.8 Å². The van der Waals surface area contributed by atoms with E-state index in [2.05, 4.69) is 5.32 Å². The molecule has 0 aliphatic carbocycles. The van der Waals surface area contributed by atoms with Gasteiger partial charge in [0.25, 0.3) is 11.8 Å². The maximum Gasteiger partial charge on any atom is 0.278 e. The third-order valence-electron chi connectivity index (χ3n) is 5.16. The number of hydrogen-bond donors (Lipinski definition) is 1. The number of amides is 2. The fourth-order valence-electron chi connectivity index (χ4n) is 3.60. The second-order valence-corrected chi connectivity index (χ2v) is 7.96. The zero-order valence-corrected chi connectivity index (χ0v) is 18.8. The molecule has 0 fully saturated rings. The summed E-state index contributed by atoms with van der Waals surface area (Å²) in [5.41, 5.74) is 4.24. The van der Waals surface area contributed by atoms with E-state index in [0.717, 1.165) is 22.4 Å². The van der Waals surface area contributed by atoms with Crippen molar-refractivity contribution in [1.29, 1.82) is 0 Å². The van der Waals surface area contributed by atoms with Gasteiger partial charge in [-0.1, -0.05) is 23.8 Å². The molecule has 1 aliphatic heterocycles. The molecule has 1 heterocycles. The summed E-state index contributed by atoms with van der Waals surface area (Å²) in [6.45, 7) is 8.69. The maximum atomic E-state index is 13.3. The molecule has 0 unspecified atom stereocenters. The number of benzene rings is 2. The number of rotatable bonds is 9. The lowest BCUT2D eigenvalue weighted by atomic mass is 9.97. The molecule has 0 aromatic heterocycles. The summed E-state index contributed by atoms with van der Waals surface area (Å²) >= 11 is 0. The summed E-state index contributed by atoms with van der Waals surface area (Å²) in [7, 11) is 1.60. The average Bonchev–Trinajstić information content (AvgIpc) is 2.96. The molecule has 1 N–H and O–H groups in total. The zero-order valence-electron chi connectivity index (χ0n) is 18.8. The molecule has 2 aromatic carbocycles. The number of aryl methyl sites for hydroxylation is 2. The molecule has 2 amide bonds. The van der Waals surface area contributed by atoms with Crippen LogP contribution in [0.25, 0.3) is 5.57 Å². The Morgan fingerprint density at radius 3 is 2.32 bits per heavy atom. The lowest BCUT2D eigenvalue weighted by Gasteiger charge is -2.16. The van der Waals surface area contributed by atoms with E-state index in [4.69, 9.17) is 9.47 Å². The highest BCUT2D eigenvalue weighted by atomic mass is 16.5. The van der Waals surface area contributed by atoms with Crippen molar-refractivity contribution in [2.75, 3.05) is 25.6 Å². The van der Waals surface area contributed by atoms with Gasteiger partial charge in [-0.25, -0.2) is 0 Å². The van der Waals surface area contributed by atoms with E-state index in [-0.39, 0.29) is 17.9 Å². The summed E-state index contributed by atoms with van der Waals surface area (Å²) in [5, 5.41) is 3.18. The van der Waals surface area contributed by atoms with Crippen molar-refractivity contribution in [3.63, 3.8) is 0 Å². The molecule has 0 bridgehead atoms. The molecule has 0 radical (unpaired) electrons. The molecule has 0 saturated heterocycles. The molecule has 0 spiro atoms. The summed E-state index contributed by atoms with van der Waals surface area (Å²) in [5.74, 6) is 0.118. The van der Waals surface area contributed by atoms with Crippen LogP contribution in [0.3, 0.4) is 0 Å². The lowest BCUT2D eigenvalue weighted by molar-refractivity contribution is -0.137. The van der Waals surface area contributed by atoms with Crippen LogP contribution in [0.5, 0.6) is 5.75 Å². The van der Waals surface area contributed by atoms with Crippen molar-refractivity contribution in [3.8, 4) is 5.75 Å². The van der Waals surface area contributed by atoms with Gasteiger partial charge in [-0.15, -0.1) is 0 Å².